The van der Waals surface area contributed by atoms with Crippen LogP contribution in [-0.4, -0.2) is 12.6 Å². The molecule has 0 radical (unpaired) electrons. The lowest BCUT2D eigenvalue weighted by Crippen LogP contribution is -2.33. The highest BCUT2D eigenvalue weighted by Gasteiger charge is 2.25. The molecular weight excluding hydrogens is 162 g/mol. The fourth-order valence-corrected chi connectivity index (χ4v) is 2.39. The molecule has 1 fully saturated rings. The molecule has 2 N–H and O–H groups in total. The molecule has 1 saturated carbocycles. The van der Waals surface area contributed by atoms with E-state index < -0.39 is 0 Å². The molecule has 0 aromatic rings. The van der Waals surface area contributed by atoms with Gasteiger partial charge >= 0.3 is 0 Å². The van der Waals surface area contributed by atoms with Crippen LogP contribution in [0.3, 0.4) is 0 Å². The molecule has 0 bridgehead atoms. The molecule has 1 heterocycles. The second-order valence-corrected chi connectivity index (χ2v) is 4.17. The van der Waals surface area contributed by atoms with Crippen LogP contribution in [0, 0.1) is 5.92 Å². The van der Waals surface area contributed by atoms with Crippen molar-refractivity contribution in [3.63, 3.8) is 0 Å². The van der Waals surface area contributed by atoms with E-state index in [-0.39, 0.29) is 6.04 Å². The maximum Gasteiger partial charge on any atom is 0.109 e. The van der Waals surface area contributed by atoms with Gasteiger partial charge in [0.25, 0.3) is 0 Å². The predicted molar refractivity (Wildman–Crippen MR) is 53.2 cm³/mol. The Kier molecular flexibility index (Phi) is 2.89. The Morgan fingerprint density at radius 2 is 2.08 bits per heavy atom. The summed E-state index contributed by atoms with van der Waals surface area (Å²) in [6.07, 6.45) is 9.90. The van der Waals surface area contributed by atoms with E-state index in [9.17, 15) is 0 Å². The second kappa shape index (κ2) is 4.14. The van der Waals surface area contributed by atoms with Crippen molar-refractivity contribution in [2.45, 2.75) is 44.6 Å². The normalized spacial score (nSPS) is 26.7. The molecule has 74 valence electrons. The molecule has 0 aromatic carbocycles. The molecule has 0 saturated heterocycles. The molecule has 0 amide bonds. The van der Waals surface area contributed by atoms with E-state index in [1.807, 2.05) is 0 Å². The summed E-state index contributed by atoms with van der Waals surface area (Å²) >= 11 is 0. The van der Waals surface area contributed by atoms with Crippen molar-refractivity contribution in [1.29, 1.82) is 0 Å². The minimum atomic E-state index is 0.183. The van der Waals surface area contributed by atoms with Crippen LogP contribution in [0.15, 0.2) is 11.8 Å². The zero-order chi connectivity index (χ0) is 9.10. The van der Waals surface area contributed by atoms with E-state index in [0.29, 0.717) is 5.92 Å². The van der Waals surface area contributed by atoms with Crippen molar-refractivity contribution in [1.82, 2.24) is 0 Å². The highest BCUT2D eigenvalue weighted by atomic mass is 16.5. The summed E-state index contributed by atoms with van der Waals surface area (Å²) in [5.41, 5.74) is 6.16. The molecule has 0 spiro atoms. The smallest absolute Gasteiger partial charge is 0.109 e. The summed E-state index contributed by atoms with van der Waals surface area (Å²) in [6.45, 7) is 0.843. The predicted octanol–water partition coefficient (Wildman–Crippen LogP) is 2.20. The molecule has 1 aliphatic carbocycles. The fraction of sp³-hybridized carbons (Fsp3) is 0.818. The van der Waals surface area contributed by atoms with E-state index in [1.165, 1.54) is 32.1 Å². The van der Waals surface area contributed by atoms with Crippen molar-refractivity contribution < 1.29 is 4.74 Å². The Morgan fingerprint density at radius 1 is 1.31 bits per heavy atom. The Morgan fingerprint density at radius 3 is 2.69 bits per heavy atom. The Balaban J connectivity index is 1.90. The summed E-state index contributed by atoms with van der Waals surface area (Å²) in [6, 6.07) is 0.183. The molecule has 2 aliphatic rings. The van der Waals surface area contributed by atoms with Gasteiger partial charge in [0.15, 0.2) is 0 Å². The van der Waals surface area contributed by atoms with E-state index in [2.05, 4.69) is 6.08 Å². The molecule has 1 unspecified atom stereocenters. The van der Waals surface area contributed by atoms with Crippen LogP contribution in [0.1, 0.15) is 38.5 Å². The SMILES string of the molecule is NC(C1=CCCO1)C1CCCCC1. The summed E-state index contributed by atoms with van der Waals surface area (Å²) < 4.78 is 5.50. The van der Waals surface area contributed by atoms with Crippen LogP contribution in [-0.2, 0) is 4.74 Å². The minimum Gasteiger partial charge on any atom is -0.496 e. The lowest BCUT2D eigenvalue weighted by Gasteiger charge is -2.27. The van der Waals surface area contributed by atoms with Gasteiger partial charge in [0, 0.05) is 6.42 Å². The number of ether oxygens (including phenoxy) is 1. The van der Waals surface area contributed by atoms with E-state index in [4.69, 9.17) is 10.5 Å². The van der Waals surface area contributed by atoms with Gasteiger partial charge in [-0.25, -0.2) is 0 Å². The lowest BCUT2D eigenvalue weighted by atomic mass is 9.83. The second-order valence-electron chi connectivity index (χ2n) is 4.17. The van der Waals surface area contributed by atoms with Crippen LogP contribution < -0.4 is 5.73 Å². The van der Waals surface area contributed by atoms with E-state index >= 15 is 0 Å². The van der Waals surface area contributed by atoms with Crippen molar-refractivity contribution in [3.05, 3.63) is 11.8 Å². The first kappa shape index (κ1) is 9.07. The van der Waals surface area contributed by atoms with Gasteiger partial charge in [0.2, 0.25) is 0 Å². The summed E-state index contributed by atoms with van der Waals surface area (Å²) in [5, 5.41) is 0. The summed E-state index contributed by atoms with van der Waals surface area (Å²) in [4.78, 5) is 0. The summed E-state index contributed by atoms with van der Waals surface area (Å²) in [5.74, 6) is 1.74. The van der Waals surface area contributed by atoms with Crippen LogP contribution in [0.2, 0.25) is 0 Å². The summed E-state index contributed by atoms with van der Waals surface area (Å²) in [7, 11) is 0. The highest BCUT2D eigenvalue weighted by Crippen LogP contribution is 2.29. The van der Waals surface area contributed by atoms with Gasteiger partial charge in [-0.05, 0) is 24.8 Å². The van der Waals surface area contributed by atoms with Crippen molar-refractivity contribution in [2.75, 3.05) is 6.61 Å². The highest BCUT2D eigenvalue weighted by molar-refractivity contribution is 5.08. The zero-order valence-electron chi connectivity index (χ0n) is 8.17. The van der Waals surface area contributed by atoms with Crippen LogP contribution in [0.5, 0.6) is 0 Å². The number of nitrogens with two attached hydrogens (primary N) is 1. The quantitative estimate of drug-likeness (QED) is 0.708. The molecule has 1 atom stereocenters. The van der Waals surface area contributed by atoms with Gasteiger partial charge < -0.3 is 10.5 Å². The minimum absolute atomic E-state index is 0.183. The van der Waals surface area contributed by atoms with Crippen LogP contribution in [0.4, 0.5) is 0 Å². The van der Waals surface area contributed by atoms with Gasteiger partial charge in [-0.15, -0.1) is 0 Å². The Labute approximate surface area is 80.1 Å². The first-order valence-electron chi connectivity index (χ1n) is 5.46. The molecule has 2 rings (SSSR count). The average molecular weight is 181 g/mol. The van der Waals surface area contributed by atoms with Crippen LogP contribution >= 0.6 is 0 Å². The van der Waals surface area contributed by atoms with Crippen LogP contribution in [0.25, 0.3) is 0 Å². The third kappa shape index (κ3) is 2.05. The maximum absolute atomic E-state index is 6.16. The third-order valence-corrected chi connectivity index (χ3v) is 3.22. The largest absolute Gasteiger partial charge is 0.496 e. The zero-order valence-corrected chi connectivity index (χ0v) is 8.17. The van der Waals surface area contributed by atoms with Gasteiger partial charge in [-0.2, -0.15) is 0 Å². The molecule has 2 heteroatoms. The molecule has 13 heavy (non-hydrogen) atoms. The average Bonchev–Trinajstić information content (AvgIpc) is 2.71. The fourth-order valence-electron chi connectivity index (χ4n) is 2.39. The molecular formula is C11H19NO. The number of hydrogen-bond acceptors (Lipinski definition) is 2. The van der Waals surface area contributed by atoms with Crippen molar-refractivity contribution in [3.8, 4) is 0 Å². The number of rotatable bonds is 2. The lowest BCUT2D eigenvalue weighted by molar-refractivity contribution is 0.193. The first-order valence-corrected chi connectivity index (χ1v) is 5.46. The van der Waals surface area contributed by atoms with Crippen molar-refractivity contribution >= 4 is 0 Å². The first-order chi connectivity index (χ1) is 6.38. The Bertz CT molecular complexity index is 194. The molecule has 2 nitrogen and oxygen atoms in total. The standard InChI is InChI=1S/C11H19NO/c12-11(10-7-4-8-13-10)9-5-2-1-3-6-9/h7,9,11H,1-6,8,12H2. The molecule has 1 aliphatic heterocycles. The third-order valence-electron chi connectivity index (χ3n) is 3.22. The van der Waals surface area contributed by atoms with Gasteiger partial charge in [-0.3, -0.25) is 0 Å². The monoisotopic (exact) mass is 181 g/mol. The van der Waals surface area contributed by atoms with E-state index in [0.717, 1.165) is 18.8 Å². The van der Waals surface area contributed by atoms with E-state index in [1.54, 1.807) is 0 Å². The number of hydrogen-bond donors (Lipinski definition) is 1. The van der Waals surface area contributed by atoms with Gasteiger partial charge in [-0.1, -0.05) is 19.3 Å². The van der Waals surface area contributed by atoms with Gasteiger partial charge in [0.05, 0.1) is 12.6 Å². The maximum atomic E-state index is 6.16. The van der Waals surface area contributed by atoms with Gasteiger partial charge in [0.1, 0.15) is 5.76 Å². The van der Waals surface area contributed by atoms with Crippen molar-refractivity contribution in [2.24, 2.45) is 11.7 Å². The topological polar surface area (TPSA) is 35.2 Å². The Hall–Kier alpha value is -0.500. The molecule has 0 aromatic heterocycles.